The van der Waals surface area contributed by atoms with Gasteiger partial charge in [-0.2, -0.15) is 5.26 Å². The zero-order chi connectivity index (χ0) is 26.7. The van der Waals surface area contributed by atoms with E-state index in [1.54, 1.807) is 6.19 Å². The SMILES string of the molecule is CC(=O)OC1c2c3c(n(C#N)c2C(OC(C)=O)C(C)(O)C1OC(C)=O)C(=O)c1c(O)cccc1C3=O. The van der Waals surface area contributed by atoms with E-state index in [0.717, 1.165) is 27.7 Å². The summed E-state index contributed by atoms with van der Waals surface area (Å²) in [7, 11) is 0. The van der Waals surface area contributed by atoms with Gasteiger partial charge in [-0.3, -0.25) is 24.0 Å². The standard InChI is InChI=1S/C24H20N2O10/c1-9(27)34-21-16-15-17(20(32)14-12(19(15)31)6-5-7-13(14)30)26(8-25)18(16)22(35-10(2)28)24(4,33)23(21)36-11(3)29/h5-7,21-23,30,33H,1-4H3. The number of ether oxygens (including phenoxy) is 3. The molecule has 0 saturated heterocycles. The minimum absolute atomic E-state index is 0.183. The fourth-order valence-corrected chi connectivity index (χ4v) is 4.81. The lowest BCUT2D eigenvalue weighted by Crippen LogP contribution is -2.55. The Morgan fingerprint density at radius 3 is 2.17 bits per heavy atom. The van der Waals surface area contributed by atoms with Gasteiger partial charge in [0.2, 0.25) is 5.78 Å². The van der Waals surface area contributed by atoms with Crippen LogP contribution < -0.4 is 0 Å². The number of hydrogen-bond acceptors (Lipinski definition) is 11. The van der Waals surface area contributed by atoms with Crippen molar-refractivity contribution >= 4 is 29.5 Å². The van der Waals surface area contributed by atoms with Crippen molar-refractivity contribution in [3.63, 3.8) is 0 Å². The highest BCUT2D eigenvalue weighted by molar-refractivity contribution is 6.29. The number of aromatic nitrogens is 1. The largest absolute Gasteiger partial charge is 0.507 e. The predicted molar refractivity (Wildman–Crippen MR) is 116 cm³/mol. The van der Waals surface area contributed by atoms with E-state index in [2.05, 4.69) is 0 Å². The molecule has 0 fully saturated rings. The molecule has 0 saturated carbocycles. The molecular weight excluding hydrogens is 476 g/mol. The molecule has 4 rings (SSSR count). The molecule has 1 aromatic carbocycles. The molecule has 12 nitrogen and oxygen atoms in total. The predicted octanol–water partition coefficient (Wildman–Crippen LogP) is 1.20. The molecule has 1 aromatic heterocycles. The van der Waals surface area contributed by atoms with Gasteiger partial charge in [0.25, 0.3) is 0 Å². The van der Waals surface area contributed by atoms with E-state index in [4.69, 9.17) is 14.2 Å². The van der Waals surface area contributed by atoms with E-state index >= 15 is 0 Å². The van der Waals surface area contributed by atoms with Crippen LogP contribution in [0.25, 0.3) is 0 Å². The van der Waals surface area contributed by atoms with Gasteiger partial charge in [-0.25, -0.2) is 4.57 Å². The molecule has 12 heteroatoms. The smallest absolute Gasteiger partial charge is 0.303 e. The number of rotatable bonds is 3. The number of carbonyl (C=O) groups excluding carboxylic acids is 5. The number of phenolic OH excluding ortho intramolecular Hbond substituents is 1. The van der Waals surface area contributed by atoms with Gasteiger partial charge in [-0.05, 0) is 13.0 Å². The number of fused-ring (bicyclic) bond motifs is 4. The lowest BCUT2D eigenvalue weighted by atomic mass is 9.75. The summed E-state index contributed by atoms with van der Waals surface area (Å²) < 4.78 is 16.7. The van der Waals surface area contributed by atoms with Gasteiger partial charge >= 0.3 is 17.9 Å². The monoisotopic (exact) mass is 496 g/mol. The van der Waals surface area contributed by atoms with Gasteiger partial charge < -0.3 is 24.4 Å². The molecule has 4 atom stereocenters. The van der Waals surface area contributed by atoms with Crippen LogP contribution in [-0.4, -0.2) is 56.0 Å². The van der Waals surface area contributed by atoms with Crippen LogP contribution in [0.3, 0.4) is 0 Å². The molecule has 36 heavy (non-hydrogen) atoms. The van der Waals surface area contributed by atoms with Crippen LogP contribution in [0.1, 0.15) is 83.1 Å². The van der Waals surface area contributed by atoms with Crippen LogP contribution in [0.2, 0.25) is 0 Å². The average Bonchev–Trinajstić information content (AvgIpc) is 3.12. The minimum Gasteiger partial charge on any atom is -0.507 e. The highest BCUT2D eigenvalue weighted by Crippen LogP contribution is 2.52. The third-order valence-corrected chi connectivity index (χ3v) is 6.09. The van der Waals surface area contributed by atoms with Crippen molar-refractivity contribution in [1.29, 1.82) is 5.26 Å². The molecule has 0 aliphatic heterocycles. The molecule has 0 amide bonds. The van der Waals surface area contributed by atoms with Crippen LogP contribution in [0.15, 0.2) is 18.2 Å². The normalized spacial score (nSPS) is 24.1. The third kappa shape index (κ3) is 3.44. The van der Waals surface area contributed by atoms with Crippen molar-refractivity contribution in [3.05, 3.63) is 51.8 Å². The van der Waals surface area contributed by atoms with Crippen molar-refractivity contribution < 1.29 is 48.4 Å². The van der Waals surface area contributed by atoms with Crippen molar-refractivity contribution in [3.8, 4) is 11.9 Å². The molecule has 0 spiro atoms. The maximum Gasteiger partial charge on any atom is 0.303 e. The van der Waals surface area contributed by atoms with Crippen LogP contribution in [0, 0.1) is 11.5 Å². The molecule has 0 bridgehead atoms. The minimum atomic E-state index is -2.29. The Kier molecular flexibility index (Phi) is 5.69. The van der Waals surface area contributed by atoms with Crippen molar-refractivity contribution in [2.45, 2.75) is 51.6 Å². The van der Waals surface area contributed by atoms with Crippen LogP contribution >= 0.6 is 0 Å². The van der Waals surface area contributed by atoms with E-state index < -0.39 is 64.8 Å². The summed E-state index contributed by atoms with van der Waals surface area (Å²) in [6.07, 6.45) is -3.36. The summed E-state index contributed by atoms with van der Waals surface area (Å²) in [6, 6.07) is 3.83. The Morgan fingerprint density at radius 2 is 1.61 bits per heavy atom. The lowest BCUT2D eigenvalue weighted by molar-refractivity contribution is -0.221. The molecule has 2 aromatic rings. The Balaban J connectivity index is 2.15. The number of ketones is 2. The number of aliphatic hydroxyl groups is 1. The highest BCUT2D eigenvalue weighted by atomic mass is 16.6. The number of nitrogens with zero attached hydrogens (tertiary/aromatic N) is 2. The molecule has 2 N–H and O–H groups in total. The summed E-state index contributed by atoms with van der Waals surface area (Å²) in [4.78, 5) is 63.2. The Hall–Kier alpha value is -4.50. The number of hydrogen-bond donors (Lipinski definition) is 2. The molecule has 186 valence electrons. The van der Waals surface area contributed by atoms with Crippen molar-refractivity contribution in [2.24, 2.45) is 0 Å². The van der Waals surface area contributed by atoms with E-state index in [9.17, 15) is 39.4 Å². The summed E-state index contributed by atoms with van der Waals surface area (Å²) >= 11 is 0. The Bertz CT molecular complexity index is 1410. The first kappa shape index (κ1) is 24.6. The highest BCUT2D eigenvalue weighted by Gasteiger charge is 2.60. The zero-order valence-corrected chi connectivity index (χ0v) is 19.5. The number of nitriles is 1. The van der Waals surface area contributed by atoms with Gasteiger partial charge in [-0.15, -0.1) is 0 Å². The number of carbonyl (C=O) groups is 5. The summed E-state index contributed by atoms with van der Waals surface area (Å²) in [6.45, 7) is 4.22. The van der Waals surface area contributed by atoms with E-state index in [1.165, 1.54) is 18.2 Å². The Morgan fingerprint density at radius 1 is 1.00 bits per heavy atom. The second-order valence-electron chi connectivity index (χ2n) is 8.59. The van der Waals surface area contributed by atoms with Gasteiger partial charge in [0.1, 0.15) is 17.0 Å². The first-order valence-corrected chi connectivity index (χ1v) is 10.7. The Labute approximate surface area is 203 Å². The van der Waals surface area contributed by atoms with Gasteiger partial charge in [0, 0.05) is 31.9 Å². The second kappa shape index (κ2) is 8.31. The molecule has 0 radical (unpaired) electrons. The van der Waals surface area contributed by atoms with Gasteiger partial charge in [0.15, 0.2) is 30.3 Å². The summed E-state index contributed by atoms with van der Waals surface area (Å²) in [5.74, 6) is -4.90. The average molecular weight is 496 g/mol. The topological polar surface area (TPSA) is 182 Å². The number of aromatic hydroxyl groups is 1. The zero-order valence-electron chi connectivity index (χ0n) is 19.5. The van der Waals surface area contributed by atoms with Crippen LogP contribution in [-0.2, 0) is 28.6 Å². The van der Waals surface area contributed by atoms with Crippen LogP contribution in [0.4, 0.5) is 0 Å². The fraction of sp³-hybridized carbons (Fsp3) is 0.333. The van der Waals surface area contributed by atoms with Gasteiger partial charge in [-0.1, -0.05) is 12.1 Å². The molecule has 1 heterocycles. The van der Waals surface area contributed by atoms with Crippen molar-refractivity contribution in [2.75, 3.05) is 0 Å². The first-order valence-electron chi connectivity index (χ1n) is 10.7. The van der Waals surface area contributed by atoms with Gasteiger partial charge in [0.05, 0.1) is 16.8 Å². The maximum absolute atomic E-state index is 13.7. The molecular formula is C24H20N2O10. The third-order valence-electron chi connectivity index (χ3n) is 6.09. The number of phenols is 1. The lowest BCUT2D eigenvalue weighted by Gasteiger charge is -2.45. The first-order chi connectivity index (χ1) is 16.8. The molecule has 2 aliphatic carbocycles. The second-order valence-corrected chi connectivity index (χ2v) is 8.59. The quantitative estimate of drug-likeness (QED) is 0.392. The van der Waals surface area contributed by atoms with E-state index in [1.807, 2.05) is 0 Å². The molecule has 2 aliphatic rings. The van der Waals surface area contributed by atoms with E-state index in [0.29, 0.717) is 4.57 Å². The summed E-state index contributed by atoms with van der Waals surface area (Å²) in [5.41, 5.74) is -4.23. The number of benzene rings is 1. The van der Waals surface area contributed by atoms with Crippen LogP contribution in [0.5, 0.6) is 5.75 Å². The maximum atomic E-state index is 13.7. The van der Waals surface area contributed by atoms with Crippen molar-refractivity contribution in [1.82, 2.24) is 4.57 Å². The fourth-order valence-electron chi connectivity index (χ4n) is 4.81. The summed E-state index contributed by atoms with van der Waals surface area (Å²) in [5, 5.41) is 31.8. The molecule has 4 unspecified atom stereocenters. The number of esters is 3. The van der Waals surface area contributed by atoms with E-state index in [-0.39, 0.29) is 27.9 Å².